The molecule has 1 aliphatic rings. The third-order valence-corrected chi connectivity index (χ3v) is 3.45. The fourth-order valence-corrected chi connectivity index (χ4v) is 2.33. The van der Waals surface area contributed by atoms with E-state index in [1.807, 2.05) is 0 Å². The van der Waals surface area contributed by atoms with Crippen molar-refractivity contribution >= 4 is 23.9 Å². The minimum atomic E-state index is -2.44. The number of aliphatic carboxylic acids is 2. The highest BCUT2D eigenvalue weighted by Crippen LogP contribution is 2.26. The maximum Gasteiger partial charge on any atom is 0.349 e. The smallest absolute Gasteiger partial charge is 0.349 e. The van der Waals surface area contributed by atoms with Crippen molar-refractivity contribution in [1.82, 2.24) is 0 Å². The van der Waals surface area contributed by atoms with Gasteiger partial charge in [-0.25, -0.2) is 4.79 Å². The van der Waals surface area contributed by atoms with Gasteiger partial charge < -0.3 is 19.7 Å². The Hall–Kier alpha value is -2.12. The molecule has 0 heterocycles. The first kappa shape index (κ1) is 17.9. The van der Waals surface area contributed by atoms with E-state index in [0.29, 0.717) is 12.8 Å². The van der Waals surface area contributed by atoms with Crippen LogP contribution in [0.25, 0.3) is 0 Å². The number of rotatable bonds is 8. The van der Waals surface area contributed by atoms with Crippen LogP contribution in [-0.4, -0.2) is 45.8 Å². The largest absolute Gasteiger partial charge is 0.481 e. The summed E-state index contributed by atoms with van der Waals surface area (Å²) in [6.07, 6.45) is 0.977. The summed E-state index contributed by atoms with van der Waals surface area (Å²) in [5, 5.41) is 18.2. The van der Waals surface area contributed by atoms with Crippen LogP contribution in [0.5, 0.6) is 0 Å². The predicted molar refractivity (Wildman–Crippen MR) is 72.0 cm³/mol. The molecule has 0 bridgehead atoms. The third-order valence-electron chi connectivity index (χ3n) is 3.45. The number of esters is 2. The minimum Gasteiger partial charge on any atom is -0.481 e. The van der Waals surface area contributed by atoms with Crippen molar-refractivity contribution < 1.29 is 38.9 Å². The van der Waals surface area contributed by atoms with E-state index in [-0.39, 0.29) is 12.5 Å². The van der Waals surface area contributed by atoms with E-state index in [4.69, 9.17) is 14.6 Å². The van der Waals surface area contributed by atoms with Gasteiger partial charge in [0.2, 0.25) is 5.60 Å². The average molecular weight is 316 g/mol. The molecule has 0 aromatic rings. The quantitative estimate of drug-likeness (QED) is 0.637. The Morgan fingerprint density at radius 2 is 1.64 bits per heavy atom. The second-order valence-corrected chi connectivity index (χ2v) is 5.27. The van der Waals surface area contributed by atoms with Gasteiger partial charge in [-0.3, -0.25) is 14.4 Å². The highest BCUT2D eigenvalue weighted by Gasteiger charge is 2.47. The topological polar surface area (TPSA) is 127 Å². The molecule has 1 unspecified atom stereocenters. The summed E-state index contributed by atoms with van der Waals surface area (Å²) < 4.78 is 9.90. The van der Waals surface area contributed by atoms with Gasteiger partial charge in [0.25, 0.3) is 0 Å². The van der Waals surface area contributed by atoms with Crippen LogP contribution >= 0.6 is 0 Å². The van der Waals surface area contributed by atoms with Crippen LogP contribution in [0.15, 0.2) is 0 Å². The summed E-state index contributed by atoms with van der Waals surface area (Å²) in [7, 11) is 0. The lowest BCUT2D eigenvalue weighted by Crippen LogP contribution is -2.47. The van der Waals surface area contributed by atoms with Gasteiger partial charge in [0.15, 0.2) is 0 Å². The first-order valence-electron chi connectivity index (χ1n) is 7.15. The van der Waals surface area contributed by atoms with Crippen molar-refractivity contribution in [3.63, 3.8) is 0 Å². The molecule has 1 fully saturated rings. The summed E-state index contributed by atoms with van der Waals surface area (Å²) in [6, 6.07) is 0. The number of carbonyl (C=O) groups is 4. The van der Waals surface area contributed by atoms with Crippen molar-refractivity contribution in [1.29, 1.82) is 0 Å². The van der Waals surface area contributed by atoms with Crippen LogP contribution in [0.4, 0.5) is 0 Å². The molecule has 0 radical (unpaired) electrons. The van der Waals surface area contributed by atoms with Gasteiger partial charge in [-0.15, -0.1) is 0 Å². The lowest BCUT2D eigenvalue weighted by Gasteiger charge is -2.27. The van der Waals surface area contributed by atoms with Crippen molar-refractivity contribution in [2.24, 2.45) is 0 Å². The standard InChI is InChI=1S/C14H20O8/c1-2-11(17)22-14(13(19)20,7-10(15)16)8-12(18)21-9-5-3-4-6-9/h9H,2-8H2,1H3,(H,15,16)(H,19,20). The van der Waals surface area contributed by atoms with Crippen molar-refractivity contribution in [2.45, 2.75) is 63.6 Å². The Labute approximate surface area is 127 Å². The van der Waals surface area contributed by atoms with Gasteiger partial charge in [-0.05, 0) is 25.7 Å². The molecule has 8 nitrogen and oxygen atoms in total. The summed E-state index contributed by atoms with van der Waals surface area (Å²) in [6.45, 7) is 1.44. The maximum atomic E-state index is 11.9. The number of hydrogen-bond acceptors (Lipinski definition) is 6. The summed E-state index contributed by atoms with van der Waals surface area (Å²) >= 11 is 0. The van der Waals surface area contributed by atoms with E-state index in [1.54, 1.807) is 0 Å². The van der Waals surface area contributed by atoms with E-state index in [1.165, 1.54) is 6.92 Å². The van der Waals surface area contributed by atoms with Crippen molar-refractivity contribution in [3.05, 3.63) is 0 Å². The van der Waals surface area contributed by atoms with Gasteiger partial charge in [0.1, 0.15) is 6.10 Å². The predicted octanol–water partition coefficient (Wildman–Crippen LogP) is 1.11. The molecular formula is C14H20O8. The molecule has 1 atom stereocenters. The molecule has 8 heteroatoms. The SMILES string of the molecule is CCC(=O)OC(CC(=O)O)(CC(=O)OC1CCCC1)C(=O)O. The van der Waals surface area contributed by atoms with Gasteiger partial charge >= 0.3 is 23.9 Å². The average Bonchev–Trinajstić information content (AvgIpc) is 2.89. The van der Waals surface area contributed by atoms with E-state index in [0.717, 1.165) is 12.8 Å². The van der Waals surface area contributed by atoms with Crippen LogP contribution < -0.4 is 0 Å². The Kier molecular flexibility index (Phi) is 6.33. The highest BCUT2D eigenvalue weighted by molar-refractivity contribution is 5.91. The number of carbonyl (C=O) groups excluding carboxylic acids is 2. The van der Waals surface area contributed by atoms with Crippen LogP contribution in [0.2, 0.25) is 0 Å². The van der Waals surface area contributed by atoms with Crippen LogP contribution in [0, 0.1) is 0 Å². The van der Waals surface area contributed by atoms with E-state index < -0.39 is 42.3 Å². The molecule has 0 saturated heterocycles. The fraction of sp³-hybridized carbons (Fsp3) is 0.714. The van der Waals surface area contributed by atoms with Crippen molar-refractivity contribution in [2.75, 3.05) is 0 Å². The van der Waals surface area contributed by atoms with Gasteiger partial charge in [-0.1, -0.05) is 6.92 Å². The van der Waals surface area contributed by atoms with Crippen LogP contribution in [0.3, 0.4) is 0 Å². The molecule has 124 valence electrons. The molecule has 2 N–H and O–H groups in total. The lowest BCUT2D eigenvalue weighted by molar-refractivity contribution is -0.187. The number of hydrogen-bond donors (Lipinski definition) is 2. The second-order valence-electron chi connectivity index (χ2n) is 5.27. The lowest BCUT2D eigenvalue weighted by atomic mass is 9.95. The Morgan fingerprint density at radius 3 is 2.09 bits per heavy atom. The summed E-state index contributed by atoms with van der Waals surface area (Å²) in [5.41, 5.74) is -2.44. The molecule has 0 aromatic carbocycles. The molecule has 22 heavy (non-hydrogen) atoms. The number of carboxylic acids is 2. The summed E-state index contributed by atoms with van der Waals surface area (Å²) in [5.74, 6) is -4.93. The Bertz CT molecular complexity index is 452. The molecule has 1 rings (SSSR count). The zero-order valence-electron chi connectivity index (χ0n) is 12.4. The van der Waals surface area contributed by atoms with Crippen LogP contribution in [0.1, 0.15) is 51.9 Å². The first-order chi connectivity index (χ1) is 10.3. The Balaban J connectivity index is 2.85. The molecule has 0 amide bonds. The molecule has 1 saturated carbocycles. The zero-order valence-corrected chi connectivity index (χ0v) is 12.4. The monoisotopic (exact) mass is 316 g/mol. The summed E-state index contributed by atoms with van der Waals surface area (Å²) in [4.78, 5) is 45.7. The van der Waals surface area contributed by atoms with Gasteiger partial charge in [-0.2, -0.15) is 0 Å². The van der Waals surface area contributed by atoms with E-state index >= 15 is 0 Å². The third kappa shape index (κ3) is 5.01. The van der Waals surface area contributed by atoms with Crippen LogP contribution in [-0.2, 0) is 28.7 Å². The molecule has 0 aliphatic heterocycles. The highest BCUT2D eigenvalue weighted by atomic mass is 16.6. The van der Waals surface area contributed by atoms with Gasteiger partial charge in [0.05, 0.1) is 12.8 Å². The normalized spacial score (nSPS) is 17.5. The number of carboxylic acid groups (broad SMARTS) is 2. The second kappa shape index (κ2) is 7.77. The molecule has 1 aliphatic carbocycles. The molecular weight excluding hydrogens is 296 g/mol. The molecule has 0 spiro atoms. The number of ether oxygens (including phenoxy) is 2. The van der Waals surface area contributed by atoms with E-state index in [9.17, 15) is 24.3 Å². The maximum absolute atomic E-state index is 11.9. The minimum absolute atomic E-state index is 0.133. The van der Waals surface area contributed by atoms with Crippen molar-refractivity contribution in [3.8, 4) is 0 Å². The Morgan fingerprint density at radius 1 is 1.05 bits per heavy atom. The molecule has 0 aromatic heterocycles. The zero-order chi connectivity index (χ0) is 16.8. The fourth-order valence-electron chi connectivity index (χ4n) is 2.33. The first-order valence-corrected chi connectivity index (χ1v) is 7.15. The van der Waals surface area contributed by atoms with Gasteiger partial charge in [0, 0.05) is 6.42 Å². The van der Waals surface area contributed by atoms with E-state index in [2.05, 4.69) is 0 Å².